The summed E-state index contributed by atoms with van der Waals surface area (Å²) in [6.45, 7) is 1.65. The lowest BCUT2D eigenvalue weighted by atomic mass is 10.2. The van der Waals surface area contributed by atoms with Gasteiger partial charge >= 0.3 is 6.18 Å². The van der Waals surface area contributed by atoms with Crippen molar-refractivity contribution in [2.45, 2.75) is 19.5 Å². The Morgan fingerprint density at radius 1 is 1.32 bits per heavy atom. The van der Waals surface area contributed by atoms with Gasteiger partial charge < -0.3 is 4.74 Å². The molecule has 2 N–H and O–H groups in total. The topological polar surface area (TPSA) is 79.9 Å². The first-order chi connectivity index (χ1) is 10.4. The molecular weight excluding hydrogens is 301 g/mol. The molecule has 0 bridgehead atoms. The predicted octanol–water partition coefficient (Wildman–Crippen LogP) is 2.40. The molecule has 118 valence electrons. The number of halogens is 3. The molecule has 2 rings (SSSR count). The molecule has 0 unspecified atom stereocenters. The smallest absolute Gasteiger partial charge is 0.451 e. The van der Waals surface area contributed by atoms with E-state index in [4.69, 9.17) is 4.74 Å². The number of nitrogens with one attached hydrogen (secondary N) is 2. The zero-order chi connectivity index (χ0) is 16.2. The second-order valence-corrected chi connectivity index (χ2v) is 4.34. The van der Waals surface area contributed by atoms with E-state index in [1.165, 1.54) is 0 Å². The van der Waals surface area contributed by atoms with Crippen LogP contribution in [0.3, 0.4) is 0 Å². The highest BCUT2D eigenvalue weighted by molar-refractivity contribution is 5.90. The minimum absolute atomic E-state index is 0.360. The van der Waals surface area contributed by atoms with Crippen LogP contribution in [0.2, 0.25) is 0 Å². The average molecular weight is 314 g/mol. The van der Waals surface area contributed by atoms with Gasteiger partial charge in [0, 0.05) is 0 Å². The summed E-state index contributed by atoms with van der Waals surface area (Å²) >= 11 is 0. The van der Waals surface area contributed by atoms with Gasteiger partial charge in [0.2, 0.25) is 11.8 Å². The monoisotopic (exact) mass is 314 g/mol. The van der Waals surface area contributed by atoms with Crippen LogP contribution in [0.25, 0.3) is 0 Å². The van der Waals surface area contributed by atoms with E-state index in [0.29, 0.717) is 5.75 Å². The molecule has 9 heteroatoms. The van der Waals surface area contributed by atoms with Gasteiger partial charge in [-0.25, -0.2) is 0 Å². The Labute approximate surface area is 123 Å². The highest BCUT2D eigenvalue weighted by Crippen LogP contribution is 2.26. The van der Waals surface area contributed by atoms with Gasteiger partial charge in [0.15, 0.2) is 6.61 Å². The second kappa shape index (κ2) is 6.46. The second-order valence-electron chi connectivity index (χ2n) is 4.34. The van der Waals surface area contributed by atoms with Crippen molar-refractivity contribution in [3.8, 4) is 5.75 Å². The maximum atomic E-state index is 12.3. The first-order valence-electron chi connectivity index (χ1n) is 6.39. The van der Waals surface area contributed by atoms with E-state index in [1.807, 2.05) is 19.1 Å². The van der Waals surface area contributed by atoms with Crippen molar-refractivity contribution < 1.29 is 22.7 Å². The molecule has 0 atom stereocenters. The summed E-state index contributed by atoms with van der Waals surface area (Å²) in [5.41, 5.74) is 1.12. The molecule has 0 saturated carbocycles. The number of H-pyrrole nitrogens is 1. The number of carbonyl (C=O) groups excluding carboxylic acids is 1. The van der Waals surface area contributed by atoms with Crippen LogP contribution in [-0.4, -0.2) is 27.7 Å². The highest BCUT2D eigenvalue weighted by Gasteiger charge is 2.35. The predicted molar refractivity (Wildman–Crippen MR) is 71.3 cm³/mol. The molecule has 1 aromatic heterocycles. The number of amides is 1. The first-order valence-corrected chi connectivity index (χ1v) is 6.39. The number of aromatic amines is 1. The lowest BCUT2D eigenvalue weighted by Crippen LogP contribution is -2.21. The molecule has 1 heterocycles. The highest BCUT2D eigenvalue weighted by atomic mass is 19.4. The summed E-state index contributed by atoms with van der Waals surface area (Å²) < 4.78 is 42.1. The van der Waals surface area contributed by atoms with E-state index in [9.17, 15) is 18.0 Å². The Bertz CT molecular complexity index is 637. The van der Waals surface area contributed by atoms with Crippen LogP contribution < -0.4 is 10.1 Å². The largest absolute Gasteiger partial charge is 0.484 e. The van der Waals surface area contributed by atoms with Gasteiger partial charge in [-0.05, 0) is 24.1 Å². The van der Waals surface area contributed by atoms with E-state index < -0.39 is 23.9 Å². The van der Waals surface area contributed by atoms with Gasteiger partial charge in [-0.3, -0.25) is 15.2 Å². The number of benzene rings is 1. The summed E-state index contributed by atoms with van der Waals surface area (Å²) in [6, 6.07) is 7.14. The SMILES string of the molecule is CCc1ccc(OCC(=O)Nc2n[nH]c(C(F)(F)F)n2)cc1. The number of aryl methyl sites for hydroxylation is 1. The van der Waals surface area contributed by atoms with E-state index >= 15 is 0 Å². The van der Waals surface area contributed by atoms with Crippen molar-refractivity contribution in [3.05, 3.63) is 35.7 Å². The minimum atomic E-state index is -4.65. The molecule has 0 spiro atoms. The van der Waals surface area contributed by atoms with Crippen LogP contribution >= 0.6 is 0 Å². The number of ether oxygens (including phenoxy) is 1. The van der Waals surface area contributed by atoms with Crippen LogP contribution in [-0.2, 0) is 17.4 Å². The number of nitrogens with zero attached hydrogens (tertiary/aromatic N) is 2. The zero-order valence-corrected chi connectivity index (χ0v) is 11.6. The fourth-order valence-corrected chi connectivity index (χ4v) is 1.58. The van der Waals surface area contributed by atoms with Crippen molar-refractivity contribution in [3.63, 3.8) is 0 Å². The maximum Gasteiger partial charge on any atom is 0.451 e. The van der Waals surface area contributed by atoms with Crippen LogP contribution in [0.1, 0.15) is 18.3 Å². The molecule has 2 aromatic rings. The number of hydrogen-bond acceptors (Lipinski definition) is 4. The van der Waals surface area contributed by atoms with Gasteiger partial charge in [-0.2, -0.15) is 18.2 Å². The van der Waals surface area contributed by atoms with E-state index in [-0.39, 0.29) is 6.61 Å². The number of rotatable bonds is 5. The zero-order valence-electron chi connectivity index (χ0n) is 11.6. The molecule has 0 aliphatic heterocycles. The van der Waals surface area contributed by atoms with E-state index in [2.05, 4.69) is 15.4 Å². The third-order valence-electron chi connectivity index (χ3n) is 2.71. The van der Waals surface area contributed by atoms with Crippen LogP contribution in [0.5, 0.6) is 5.75 Å². The fourth-order valence-electron chi connectivity index (χ4n) is 1.58. The minimum Gasteiger partial charge on any atom is -0.484 e. The lowest BCUT2D eigenvalue weighted by molar-refractivity contribution is -0.144. The van der Waals surface area contributed by atoms with Gasteiger partial charge in [0.25, 0.3) is 5.91 Å². The molecule has 0 saturated heterocycles. The number of alkyl halides is 3. The summed E-state index contributed by atoms with van der Waals surface area (Å²) in [5, 5.41) is 7.06. The van der Waals surface area contributed by atoms with Crippen LogP contribution in [0, 0.1) is 0 Å². The average Bonchev–Trinajstić information content (AvgIpc) is 2.94. The maximum absolute atomic E-state index is 12.3. The molecule has 1 aromatic carbocycles. The number of hydrogen-bond donors (Lipinski definition) is 2. The molecular formula is C13H13F3N4O2. The Balaban J connectivity index is 1.86. The van der Waals surface area contributed by atoms with Gasteiger partial charge in [-0.1, -0.05) is 19.1 Å². The van der Waals surface area contributed by atoms with Crippen molar-refractivity contribution in [2.75, 3.05) is 11.9 Å². The molecule has 0 fully saturated rings. The third-order valence-corrected chi connectivity index (χ3v) is 2.71. The van der Waals surface area contributed by atoms with Gasteiger partial charge in [0.1, 0.15) is 5.75 Å². The van der Waals surface area contributed by atoms with Crippen molar-refractivity contribution in [2.24, 2.45) is 0 Å². The summed E-state index contributed by atoms with van der Waals surface area (Å²) in [6.07, 6.45) is -3.76. The molecule has 22 heavy (non-hydrogen) atoms. The molecule has 1 amide bonds. The Morgan fingerprint density at radius 3 is 2.55 bits per heavy atom. The molecule has 0 radical (unpaired) electrons. The van der Waals surface area contributed by atoms with Crippen LogP contribution in [0.4, 0.5) is 19.1 Å². The molecule has 6 nitrogen and oxygen atoms in total. The van der Waals surface area contributed by atoms with Crippen molar-refractivity contribution in [1.29, 1.82) is 0 Å². The molecule has 0 aliphatic carbocycles. The Hall–Kier alpha value is -2.58. The lowest BCUT2D eigenvalue weighted by Gasteiger charge is -2.06. The van der Waals surface area contributed by atoms with Crippen molar-refractivity contribution >= 4 is 11.9 Å². The van der Waals surface area contributed by atoms with E-state index in [1.54, 1.807) is 17.2 Å². The van der Waals surface area contributed by atoms with Crippen molar-refractivity contribution in [1.82, 2.24) is 15.2 Å². The van der Waals surface area contributed by atoms with Gasteiger partial charge in [0.05, 0.1) is 0 Å². The Morgan fingerprint density at radius 2 is 2.00 bits per heavy atom. The summed E-state index contributed by atoms with van der Waals surface area (Å²) in [5.74, 6) is -1.91. The third kappa shape index (κ3) is 4.21. The first kappa shape index (κ1) is 15.8. The van der Waals surface area contributed by atoms with Gasteiger partial charge in [-0.15, -0.1) is 5.10 Å². The number of aromatic nitrogens is 3. The quantitative estimate of drug-likeness (QED) is 0.888. The van der Waals surface area contributed by atoms with E-state index in [0.717, 1.165) is 12.0 Å². The van der Waals surface area contributed by atoms with Crippen LogP contribution in [0.15, 0.2) is 24.3 Å². The Kier molecular flexibility index (Phi) is 4.64. The standard InChI is InChI=1S/C13H13F3N4O2/c1-2-8-3-5-9(6-4-8)22-7-10(21)17-12-18-11(19-20-12)13(14,15)16/h3-6H,2,7H2,1H3,(H2,17,18,19,20,21). The molecule has 0 aliphatic rings. The fraction of sp³-hybridized carbons (Fsp3) is 0.308. The number of anilines is 1. The summed E-state index contributed by atoms with van der Waals surface area (Å²) in [7, 11) is 0. The summed E-state index contributed by atoms with van der Waals surface area (Å²) in [4.78, 5) is 14.7. The number of carbonyl (C=O) groups is 1. The normalized spacial score (nSPS) is 11.3.